The molecule has 0 fully saturated rings. The monoisotopic (exact) mass is 342 g/mol. The van der Waals surface area contributed by atoms with Crippen molar-refractivity contribution in [3.63, 3.8) is 0 Å². The lowest BCUT2D eigenvalue weighted by molar-refractivity contribution is -0.144. The van der Waals surface area contributed by atoms with Crippen molar-refractivity contribution < 1.29 is 19.4 Å². The molecule has 24 heavy (non-hydrogen) atoms. The first kappa shape index (κ1) is 22.9. The molecule has 142 valence electrons. The summed E-state index contributed by atoms with van der Waals surface area (Å²) >= 11 is 0. The molecule has 0 aromatic carbocycles. The van der Waals surface area contributed by atoms with Crippen LogP contribution in [0.5, 0.6) is 0 Å². The van der Waals surface area contributed by atoms with Crippen LogP contribution in [0, 0.1) is 0 Å². The topological polar surface area (TPSA) is 63.6 Å². The Bertz CT molecular complexity index is 302. The van der Waals surface area contributed by atoms with Gasteiger partial charge in [-0.2, -0.15) is 0 Å². The summed E-state index contributed by atoms with van der Waals surface area (Å²) in [6.07, 6.45) is 16.6. The molecule has 0 atom stereocenters. The second kappa shape index (κ2) is 18.3. The van der Waals surface area contributed by atoms with Crippen LogP contribution in [0.4, 0.5) is 0 Å². The highest BCUT2D eigenvalue weighted by atomic mass is 16.5. The number of carbonyl (C=O) groups is 2. The van der Waals surface area contributed by atoms with Gasteiger partial charge in [0.1, 0.15) is 0 Å². The minimum atomic E-state index is -0.714. The average molecular weight is 343 g/mol. The third-order valence-electron chi connectivity index (χ3n) is 4.28. The highest BCUT2D eigenvalue weighted by molar-refractivity contribution is 5.69. The number of hydrogen-bond donors (Lipinski definition) is 1. The lowest BCUT2D eigenvalue weighted by atomic mass is 10.1. The van der Waals surface area contributed by atoms with Gasteiger partial charge in [-0.1, -0.05) is 77.6 Å². The molecule has 0 saturated heterocycles. The van der Waals surface area contributed by atoms with Crippen LogP contribution < -0.4 is 0 Å². The summed E-state index contributed by atoms with van der Waals surface area (Å²) in [7, 11) is 0. The fourth-order valence-electron chi connectivity index (χ4n) is 2.75. The van der Waals surface area contributed by atoms with Gasteiger partial charge < -0.3 is 9.84 Å². The molecular formula is C20H38O4. The Morgan fingerprint density at radius 2 is 1.12 bits per heavy atom. The van der Waals surface area contributed by atoms with Gasteiger partial charge in [-0.3, -0.25) is 9.59 Å². The van der Waals surface area contributed by atoms with E-state index < -0.39 is 5.97 Å². The summed E-state index contributed by atoms with van der Waals surface area (Å²) in [5, 5.41) is 8.53. The zero-order valence-corrected chi connectivity index (χ0v) is 15.7. The van der Waals surface area contributed by atoms with E-state index in [9.17, 15) is 9.59 Å². The Morgan fingerprint density at radius 3 is 1.67 bits per heavy atom. The maximum Gasteiger partial charge on any atom is 0.305 e. The van der Waals surface area contributed by atoms with Crippen molar-refractivity contribution in [3.8, 4) is 0 Å². The van der Waals surface area contributed by atoms with Crippen LogP contribution in [0.2, 0.25) is 0 Å². The minimum Gasteiger partial charge on any atom is -0.481 e. The summed E-state index contributed by atoms with van der Waals surface area (Å²) in [6, 6.07) is 0. The van der Waals surface area contributed by atoms with Crippen LogP contribution in [0.15, 0.2) is 0 Å². The summed E-state index contributed by atoms with van der Waals surface area (Å²) in [5.41, 5.74) is 0. The average Bonchev–Trinajstić information content (AvgIpc) is 2.55. The Kier molecular flexibility index (Phi) is 17.5. The number of hydrogen-bond acceptors (Lipinski definition) is 3. The molecule has 4 nitrogen and oxygen atoms in total. The Balaban J connectivity index is 3.17. The van der Waals surface area contributed by atoms with Crippen molar-refractivity contribution in [1.29, 1.82) is 0 Å². The van der Waals surface area contributed by atoms with E-state index >= 15 is 0 Å². The molecule has 0 saturated carbocycles. The Labute approximate surface area is 148 Å². The highest BCUT2D eigenvalue weighted by Gasteiger charge is 2.02. The molecule has 0 spiro atoms. The molecule has 0 bridgehead atoms. The number of carboxylic acid groups (broad SMARTS) is 1. The van der Waals surface area contributed by atoms with Crippen molar-refractivity contribution in [1.82, 2.24) is 0 Å². The molecule has 0 aromatic heterocycles. The van der Waals surface area contributed by atoms with E-state index in [1.807, 2.05) is 0 Å². The first-order valence-electron chi connectivity index (χ1n) is 10.0. The van der Waals surface area contributed by atoms with Gasteiger partial charge in [0.15, 0.2) is 0 Å². The van der Waals surface area contributed by atoms with Crippen LogP contribution in [0.25, 0.3) is 0 Å². The quantitative estimate of drug-likeness (QED) is 0.250. The van der Waals surface area contributed by atoms with E-state index in [-0.39, 0.29) is 12.4 Å². The number of ether oxygens (including phenoxy) is 1. The molecule has 0 amide bonds. The molecule has 0 rings (SSSR count). The minimum absolute atomic E-state index is 0.0659. The van der Waals surface area contributed by atoms with E-state index in [1.165, 1.54) is 38.5 Å². The zero-order valence-electron chi connectivity index (χ0n) is 15.7. The fraction of sp³-hybridized carbons (Fsp3) is 0.900. The zero-order chi connectivity index (χ0) is 17.9. The largest absolute Gasteiger partial charge is 0.481 e. The van der Waals surface area contributed by atoms with Gasteiger partial charge in [0, 0.05) is 12.8 Å². The van der Waals surface area contributed by atoms with Gasteiger partial charge in [0.2, 0.25) is 0 Å². The van der Waals surface area contributed by atoms with E-state index in [4.69, 9.17) is 9.84 Å². The maximum absolute atomic E-state index is 11.6. The highest BCUT2D eigenvalue weighted by Crippen LogP contribution is 2.10. The third-order valence-corrected chi connectivity index (χ3v) is 4.28. The summed E-state index contributed by atoms with van der Waals surface area (Å²) in [5.74, 6) is -0.780. The molecule has 0 aromatic rings. The van der Waals surface area contributed by atoms with E-state index in [1.54, 1.807) is 0 Å². The molecule has 0 aliphatic rings. The maximum atomic E-state index is 11.6. The lowest BCUT2D eigenvalue weighted by Crippen LogP contribution is -2.05. The first-order chi connectivity index (χ1) is 11.7. The first-order valence-corrected chi connectivity index (χ1v) is 10.0. The number of esters is 1. The second-order valence-corrected chi connectivity index (χ2v) is 6.71. The van der Waals surface area contributed by atoms with Gasteiger partial charge in [0.05, 0.1) is 6.61 Å². The summed E-state index contributed by atoms with van der Waals surface area (Å²) < 4.78 is 5.25. The van der Waals surface area contributed by atoms with Crippen molar-refractivity contribution in [3.05, 3.63) is 0 Å². The number of unbranched alkanes of at least 4 members (excludes halogenated alkanes) is 12. The number of aliphatic carboxylic acids is 1. The molecule has 1 N–H and O–H groups in total. The van der Waals surface area contributed by atoms with Crippen molar-refractivity contribution >= 4 is 11.9 Å². The van der Waals surface area contributed by atoms with Crippen LogP contribution in [0.3, 0.4) is 0 Å². The summed E-state index contributed by atoms with van der Waals surface area (Å²) in [4.78, 5) is 21.9. The molecule has 0 aliphatic carbocycles. The number of carbonyl (C=O) groups excluding carboxylic acids is 1. The third kappa shape index (κ3) is 19.0. The van der Waals surface area contributed by atoms with E-state index in [2.05, 4.69) is 6.92 Å². The van der Waals surface area contributed by atoms with Gasteiger partial charge in [-0.25, -0.2) is 0 Å². The SMILES string of the molecule is CCCCCCCCCCOC(=O)CCCCCCCCC(=O)O. The Hall–Kier alpha value is -1.06. The van der Waals surface area contributed by atoms with Gasteiger partial charge in [0.25, 0.3) is 0 Å². The van der Waals surface area contributed by atoms with Gasteiger partial charge in [-0.15, -0.1) is 0 Å². The standard InChI is InChI=1S/C20H38O4/c1-2-3-4-5-6-9-12-15-18-24-20(23)17-14-11-8-7-10-13-16-19(21)22/h2-18H2,1H3,(H,21,22). The second-order valence-electron chi connectivity index (χ2n) is 6.71. The molecule has 0 aliphatic heterocycles. The van der Waals surface area contributed by atoms with Crippen molar-refractivity contribution in [2.24, 2.45) is 0 Å². The lowest BCUT2D eigenvalue weighted by Gasteiger charge is -2.05. The molecule has 0 heterocycles. The van der Waals surface area contributed by atoms with Gasteiger partial charge >= 0.3 is 11.9 Å². The van der Waals surface area contributed by atoms with E-state index in [0.717, 1.165) is 51.4 Å². The van der Waals surface area contributed by atoms with Crippen LogP contribution in [-0.2, 0) is 14.3 Å². The molecular weight excluding hydrogens is 304 g/mol. The Morgan fingerprint density at radius 1 is 0.667 bits per heavy atom. The number of rotatable bonds is 18. The van der Waals surface area contributed by atoms with E-state index in [0.29, 0.717) is 13.0 Å². The molecule has 0 unspecified atom stereocenters. The fourth-order valence-corrected chi connectivity index (χ4v) is 2.75. The molecule has 4 heteroatoms. The normalized spacial score (nSPS) is 10.7. The van der Waals surface area contributed by atoms with Gasteiger partial charge in [-0.05, 0) is 19.3 Å². The van der Waals surface area contributed by atoms with Crippen LogP contribution in [0.1, 0.15) is 110 Å². The van der Waals surface area contributed by atoms with Crippen LogP contribution >= 0.6 is 0 Å². The number of carboxylic acids is 1. The van der Waals surface area contributed by atoms with Crippen molar-refractivity contribution in [2.75, 3.05) is 6.61 Å². The summed E-state index contributed by atoms with van der Waals surface area (Å²) in [6.45, 7) is 2.81. The smallest absolute Gasteiger partial charge is 0.305 e. The van der Waals surface area contributed by atoms with Crippen molar-refractivity contribution in [2.45, 2.75) is 110 Å². The predicted molar refractivity (Wildman–Crippen MR) is 98.1 cm³/mol. The molecule has 0 radical (unpaired) electrons. The van der Waals surface area contributed by atoms with Crippen LogP contribution in [-0.4, -0.2) is 23.7 Å². The predicted octanol–water partition coefficient (Wildman–Crippen LogP) is 5.88.